The predicted octanol–water partition coefficient (Wildman–Crippen LogP) is 0.913. The standard InChI is InChI=1S/C8H10N4O2/c1-6-2-4-7(5-3-6)10-8(9)11-12(13)14/h2-5H,1H3,(H3,9,10,11). The molecule has 74 valence electrons. The molecule has 1 aromatic rings. The average Bonchev–Trinajstić information content (AvgIpc) is 2.07. The maximum absolute atomic E-state index is 9.95. The van der Waals surface area contributed by atoms with Gasteiger partial charge in [0, 0.05) is 5.69 Å². The maximum Gasteiger partial charge on any atom is 0.270 e. The van der Waals surface area contributed by atoms with Gasteiger partial charge in [-0.3, -0.25) is 0 Å². The zero-order chi connectivity index (χ0) is 10.6. The normalized spacial score (nSPS) is 11.1. The van der Waals surface area contributed by atoms with E-state index in [1.807, 2.05) is 19.1 Å². The lowest BCUT2D eigenvalue weighted by molar-refractivity contribution is -0.485. The van der Waals surface area contributed by atoms with Crippen molar-refractivity contribution in [3.63, 3.8) is 0 Å². The number of nitrogens with one attached hydrogen (secondary N) is 1. The molecule has 0 radical (unpaired) electrons. The Hall–Kier alpha value is -2.11. The summed E-state index contributed by atoms with van der Waals surface area (Å²) in [6.45, 7) is 1.94. The number of nitrogens with zero attached hydrogens (tertiary/aromatic N) is 2. The molecule has 1 aromatic carbocycles. The van der Waals surface area contributed by atoms with Gasteiger partial charge >= 0.3 is 0 Å². The fourth-order valence-electron chi connectivity index (χ4n) is 0.898. The quantitative estimate of drug-likeness (QED) is 0.316. The third-order valence-electron chi connectivity index (χ3n) is 1.51. The summed E-state index contributed by atoms with van der Waals surface area (Å²) in [4.78, 5) is 9.95. The minimum Gasteiger partial charge on any atom is -0.364 e. The Morgan fingerprint density at radius 1 is 1.50 bits per heavy atom. The summed E-state index contributed by atoms with van der Waals surface area (Å²) in [6, 6.07) is 7.25. The topological polar surface area (TPSA) is 93.5 Å². The van der Waals surface area contributed by atoms with Crippen molar-refractivity contribution in [2.24, 2.45) is 10.8 Å². The average molecular weight is 194 g/mol. The maximum atomic E-state index is 9.95. The van der Waals surface area contributed by atoms with E-state index in [1.165, 1.54) is 0 Å². The Morgan fingerprint density at radius 2 is 2.07 bits per heavy atom. The van der Waals surface area contributed by atoms with Crippen LogP contribution in [0.5, 0.6) is 0 Å². The first-order valence-electron chi connectivity index (χ1n) is 3.90. The second-order valence-electron chi connectivity index (χ2n) is 2.71. The minimum atomic E-state index is -0.851. The lowest BCUT2D eigenvalue weighted by Crippen LogP contribution is -2.23. The molecule has 0 saturated carbocycles. The first kappa shape index (κ1) is 9.97. The highest BCUT2D eigenvalue weighted by Crippen LogP contribution is 2.07. The molecular formula is C8H10N4O2. The molecule has 0 amide bonds. The largest absolute Gasteiger partial charge is 0.364 e. The van der Waals surface area contributed by atoms with E-state index in [1.54, 1.807) is 12.1 Å². The number of rotatable bonds is 2. The summed E-state index contributed by atoms with van der Waals surface area (Å²) in [5.41, 5.74) is 7.00. The predicted molar refractivity (Wildman–Crippen MR) is 53.4 cm³/mol. The van der Waals surface area contributed by atoms with Crippen molar-refractivity contribution in [2.75, 3.05) is 5.32 Å². The van der Waals surface area contributed by atoms with E-state index in [9.17, 15) is 10.1 Å². The van der Waals surface area contributed by atoms with Gasteiger partial charge in [-0.2, -0.15) is 0 Å². The summed E-state index contributed by atoms with van der Waals surface area (Å²) in [6.07, 6.45) is 0. The van der Waals surface area contributed by atoms with E-state index in [0.717, 1.165) is 5.56 Å². The fraction of sp³-hybridized carbons (Fsp3) is 0.125. The molecule has 14 heavy (non-hydrogen) atoms. The minimum absolute atomic E-state index is 0.237. The molecule has 0 saturated heterocycles. The van der Waals surface area contributed by atoms with Gasteiger partial charge in [0.1, 0.15) is 5.10 Å². The van der Waals surface area contributed by atoms with Gasteiger partial charge in [0.25, 0.3) is 5.96 Å². The van der Waals surface area contributed by atoms with Gasteiger partial charge in [-0.25, -0.2) is 10.1 Å². The molecule has 0 heterocycles. The van der Waals surface area contributed by atoms with Crippen LogP contribution < -0.4 is 11.1 Å². The molecule has 0 aliphatic rings. The highest BCUT2D eigenvalue weighted by atomic mass is 16.7. The molecule has 0 fully saturated rings. The van der Waals surface area contributed by atoms with Gasteiger partial charge in [-0.05, 0) is 19.1 Å². The second-order valence-corrected chi connectivity index (χ2v) is 2.71. The summed E-state index contributed by atoms with van der Waals surface area (Å²) in [7, 11) is 0. The number of hydrogen-bond acceptors (Lipinski definition) is 2. The lowest BCUT2D eigenvalue weighted by atomic mass is 10.2. The Balaban J connectivity index is 2.69. The van der Waals surface area contributed by atoms with Crippen LogP contribution in [0.25, 0.3) is 0 Å². The summed E-state index contributed by atoms with van der Waals surface area (Å²) < 4.78 is 0. The van der Waals surface area contributed by atoms with Crippen LogP contribution in [0.4, 0.5) is 5.69 Å². The Bertz CT molecular complexity index is 358. The van der Waals surface area contributed by atoms with Crippen LogP contribution in [-0.4, -0.2) is 11.0 Å². The summed E-state index contributed by atoms with van der Waals surface area (Å²) in [5.74, 6) is -0.237. The van der Waals surface area contributed by atoms with Gasteiger partial charge in [-0.1, -0.05) is 17.7 Å². The van der Waals surface area contributed by atoms with E-state index in [4.69, 9.17) is 5.73 Å². The van der Waals surface area contributed by atoms with Crippen molar-refractivity contribution in [1.82, 2.24) is 0 Å². The number of aryl methyl sites for hydroxylation is 1. The van der Waals surface area contributed by atoms with Crippen LogP contribution in [0, 0.1) is 17.0 Å². The Labute approximate surface area is 80.6 Å². The van der Waals surface area contributed by atoms with Crippen molar-refractivity contribution in [3.8, 4) is 0 Å². The number of guanidine groups is 1. The van der Waals surface area contributed by atoms with Crippen LogP contribution in [-0.2, 0) is 0 Å². The molecule has 0 aliphatic heterocycles. The van der Waals surface area contributed by atoms with Crippen molar-refractivity contribution in [1.29, 1.82) is 0 Å². The van der Waals surface area contributed by atoms with Gasteiger partial charge in [0.05, 0.1) is 0 Å². The van der Waals surface area contributed by atoms with Crippen molar-refractivity contribution < 1.29 is 5.03 Å². The number of anilines is 1. The van der Waals surface area contributed by atoms with Crippen LogP contribution in [0.2, 0.25) is 0 Å². The molecule has 1 rings (SSSR count). The number of nitrogens with two attached hydrogens (primary N) is 1. The Morgan fingerprint density at radius 3 is 2.57 bits per heavy atom. The number of hydrogen-bond donors (Lipinski definition) is 2. The molecule has 0 aromatic heterocycles. The van der Waals surface area contributed by atoms with Gasteiger partial charge in [-0.15, -0.1) is 0 Å². The second kappa shape index (κ2) is 4.22. The number of hydrazone groups is 1. The zero-order valence-corrected chi connectivity index (χ0v) is 7.60. The summed E-state index contributed by atoms with van der Waals surface area (Å²) in [5, 5.41) is 14.6. The fourth-order valence-corrected chi connectivity index (χ4v) is 0.898. The first-order chi connectivity index (χ1) is 6.58. The molecule has 3 N–H and O–H groups in total. The molecule has 0 bridgehead atoms. The van der Waals surface area contributed by atoms with Crippen LogP contribution in [0.1, 0.15) is 5.56 Å². The van der Waals surface area contributed by atoms with E-state index < -0.39 is 5.03 Å². The van der Waals surface area contributed by atoms with Gasteiger partial charge < -0.3 is 11.1 Å². The highest BCUT2D eigenvalue weighted by Gasteiger charge is 1.98. The van der Waals surface area contributed by atoms with Gasteiger partial charge in [0.2, 0.25) is 0 Å². The highest BCUT2D eigenvalue weighted by molar-refractivity contribution is 5.91. The Kier molecular flexibility index (Phi) is 3.01. The molecule has 0 unspecified atom stereocenters. The first-order valence-corrected chi connectivity index (χ1v) is 3.90. The number of nitro groups is 1. The third kappa shape index (κ3) is 3.10. The molecule has 0 atom stereocenters. The smallest absolute Gasteiger partial charge is 0.270 e. The SMILES string of the molecule is Cc1ccc(NC(N)=N[N+](=O)[O-])cc1. The molecule has 0 spiro atoms. The number of benzene rings is 1. The van der Waals surface area contributed by atoms with Gasteiger partial charge in [0.15, 0.2) is 5.03 Å². The summed E-state index contributed by atoms with van der Waals surface area (Å²) >= 11 is 0. The van der Waals surface area contributed by atoms with E-state index in [2.05, 4.69) is 10.4 Å². The zero-order valence-electron chi connectivity index (χ0n) is 7.60. The van der Waals surface area contributed by atoms with Crippen molar-refractivity contribution in [2.45, 2.75) is 6.92 Å². The van der Waals surface area contributed by atoms with Crippen molar-refractivity contribution in [3.05, 3.63) is 39.9 Å². The van der Waals surface area contributed by atoms with Crippen LogP contribution in [0.3, 0.4) is 0 Å². The van der Waals surface area contributed by atoms with Crippen molar-refractivity contribution >= 4 is 11.6 Å². The molecule has 6 nitrogen and oxygen atoms in total. The van der Waals surface area contributed by atoms with E-state index in [-0.39, 0.29) is 5.96 Å². The lowest BCUT2D eigenvalue weighted by Gasteiger charge is -2.02. The van der Waals surface area contributed by atoms with Crippen LogP contribution >= 0.6 is 0 Å². The monoisotopic (exact) mass is 194 g/mol. The van der Waals surface area contributed by atoms with Crippen LogP contribution in [0.15, 0.2) is 29.4 Å². The molecule has 6 heteroatoms. The molecule has 0 aliphatic carbocycles. The molecular weight excluding hydrogens is 184 g/mol. The van der Waals surface area contributed by atoms with E-state index >= 15 is 0 Å². The van der Waals surface area contributed by atoms with E-state index in [0.29, 0.717) is 5.69 Å². The third-order valence-corrected chi connectivity index (χ3v) is 1.51.